The summed E-state index contributed by atoms with van der Waals surface area (Å²) in [6.45, 7) is 2.90. The van der Waals surface area contributed by atoms with Crippen LogP contribution in [0.2, 0.25) is 0 Å². The van der Waals surface area contributed by atoms with Gasteiger partial charge in [0.05, 0.1) is 12.8 Å². The fraction of sp³-hybridized carbons (Fsp3) is 0.462. The Labute approximate surface area is 130 Å². The number of thiophene rings is 1. The number of nitrogens with one attached hydrogen (secondary N) is 1. The fourth-order valence-corrected chi connectivity index (χ4v) is 3.68. The first-order valence-electron chi connectivity index (χ1n) is 6.41. The van der Waals surface area contributed by atoms with Crippen LogP contribution in [0.3, 0.4) is 0 Å². The van der Waals surface area contributed by atoms with Gasteiger partial charge in [0.1, 0.15) is 4.88 Å². The molecular weight excluding hydrogens is 312 g/mol. The molecule has 0 spiro atoms. The molecule has 0 radical (unpaired) electrons. The summed E-state index contributed by atoms with van der Waals surface area (Å²) < 4.78 is 4.69. The molecule has 0 saturated carbocycles. The first-order chi connectivity index (χ1) is 10.0. The lowest BCUT2D eigenvalue weighted by molar-refractivity contribution is -0.116. The number of thioether (sulfide) groups is 1. The lowest BCUT2D eigenvalue weighted by Gasteiger charge is -2.14. The Hall–Kier alpha value is -1.54. The Bertz CT molecular complexity index is 571. The molecule has 1 aromatic heterocycles. The highest BCUT2D eigenvalue weighted by Crippen LogP contribution is 2.28. The minimum atomic E-state index is -0.463. The summed E-state index contributed by atoms with van der Waals surface area (Å²) in [6.07, 6.45) is 0.211. The highest BCUT2D eigenvalue weighted by Gasteiger charge is 2.22. The Balaban J connectivity index is 1.95. The van der Waals surface area contributed by atoms with Crippen molar-refractivity contribution in [1.29, 1.82) is 0 Å². The molecule has 2 heterocycles. The topological polar surface area (TPSA) is 75.7 Å². The monoisotopic (exact) mass is 328 g/mol. The van der Waals surface area contributed by atoms with E-state index in [1.807, 2.05) is 6.92 Å². The highest BCUT2D eigenvalue weighted by molar-refractivity contribution is 8.13. The summed E-state index contributed by atoms with van der Waals surface area (Å²) in [4.78, 5) is 37.1. The summed E-state index contributed by atoms with van der Waals surface area (Å²) in [6, 6.07) is 0. The van der Waals surface area contributed by atoms with Crippen molar-refractivity contribution in [1.82, 2.24) is 4.90 Å². The molecule has 8 heteroatoms. The molecule has 114 valence electrons. The Kier molecular flexibility index (Phi) is 5.24. The summed E-state index contributed by atoms with van der Waals surface area (Å²) in [5, 5.41) is 4.55. The van der Waals surface area contributed by atoms with E-state index in [4.69, 9.17) is 4.74 Å². The molecule has 1 aromatic rings. The predicted octanol–water partition coefficient (Wildman–Crippen LogP) is 2.34. The molecule has 0 bridgehead atoms. The Morgan fingerprint density at radius 2 is 2.24 bits per heavy atom. The smallest absolute Gasteiger partial charge is 0.350 e. The molecule has 6 nitrogen and oxygen atoms in total. The molecule has 1 aliphatic rings. The first kappa shape index (κ1) is 15.8. The number of anilines is 1. The van der Waals surface area contributed by atoms with E-state index in [1.54, 1.807) is 10.3 Å². The van der Waals surface area contributed by atoms with Crippen molar-refractivity contribution >= 4 is 45.9 Å². The first-order valence-corrected chi connectivity index (χ1v) is 8.27. The Morgan fingerprint density at radius 1 is 1.48 bits per heavy atom. The summed E-state index contributed by atoms with van der Waals surface area (Å²) in [7, 11) is 1.31. The van der Waals surface area contributed by atoms with Gasteiger partial charge in [-0.1, -0.05) is 11.8 Å². The standard InChI is InChI=1S/C13H16N2O4S2/c1-8-7-21-11(12(17)19-2)10(8)14-9(16)3-4-15-5-6-20-13(15)18/h7H,3-6H2,1-2H3,(H,14,16). The largest absolute Gasteiger partial charge is 0.465 e. The minimum absolute atomic E-state index is 0.0183. The van der Waals surface area contributed by atoms with Gasteiger partial charge in [-0.05, 0) is 17.9 Å². The fourth-order valence-electron chi connectivity index (χ4n) is 1.91. The van der Waals surface area contributed by atoms with E-state index in [0.29, 0.717) is 23.7 Å². The van der Waals surface area contributed by atoms with Gasteiger partial charge in [0.25, 0.3) is 5.24 Å². The molecule has 2 rings (SSSR count). The molecule has 0 aliphatic carbocycles. The lowest BCUT2D eigenvalue weighted by atomic mass is 10.2. The van der Waals surface area contributed by atoms with E-state index in [2.05, 4.69) is 5.32 Å². The van der Waals surface area contributed by atoms with Crippen LogP contribution in [0.4, 0.5) is 10.5 Å². The van der Waals surface area contributed by atoms with E-state index in [-0.39, 0.29) is 17.6 Å². The summed E-state index contributed by atoms with van der Waals surface area (Å²) >= 11 is 2.51. The van der Waals surface area contributed by atoms with Gasteiger partial charge in [-0.3, -0.25) is 9.59 Å². The van der Waals surface area contributed by atoms with Gasteiger partial charge in [-0.2, -0.15) is 0 Å². The third kappa shape index (κ3) is 3.76. The lowest BCUT2D eigenvalue weighted by Crippen LogP contribution is -2.28. The second kappa shape index (κ2) is 6.95. The number of carbonyl (C=O) groups is 3. The van der Waals surface area contributed by atoms with E-state index < -0.39 is 5.97 Å². The van der Waals surface area contributed by atoms with Crippen LogP contribution in [0.1, 0.15) is 21.7 Å². The van der Waals surface area contributed by atoms with Gasteiger partial charge in [-0.15, -0.1) is 11.3 Å². The van der Waals surface area contributed by atoms with Crippen molar-refractivity contribution in [2.24, 2.45) is 0 Å². The van der Waals surface area contributed by atoms with Crippen LogP contribution >= 0.6 is 23.1 Å². The number of methoxy groups -OCH3 is 1. The number of rotatable bonds is 5. The number of ether oxygens (including phenoxy) is 1. The molecule has 0 atom stereocenters. The van der Waals surface area contributed by atoms with Crippen molar-refractivity contribution in [2.45, 2.75) is 13.3 Å². The highest BCUT2D eigenvalue weighted by atomic mass is 32.2. The van der Waals surface area contributed by atoms with Crippen LogP contribution < -0.4 is 5.32 Å². The number of hydrogen-bond donors (Lipinski definition) is 1. The number of nitrogens with zero attached hydrogens (tertiary/aromatic N) is 1. The maximum atomic E-state index is 12.0. The normalized spacial score (nSPS) is 14.4. The van der Waals surface area contributed by atoms with Gasteiger partial charge in [0, 0.05) is 25.3 Å². The SMILES string of the molecule is COC(=O)c1scc(C)c1NC(=O)CCN1CCSC1=O. The predicted molar refractivity (Wildman–Crippen MR) is 83.1 cm³/mol. The van der Waals surface area contributed by atoms with Crippen molar-refractivity contribution in [3.63, 3.8) is 0 Å². The number of amides is 2. The number of esters is 1. The zero-order chi connectivity index (χ0) is 15.4. The van der Waals surface area contributed by atoms with Gasteiger partial charge >= 0.3 is 5.97 Å². The van der Waals surface area contributed by atoms with E-state index in [0.717, 1.165) is 11.3 Å². The van der Waals surface area contributed by atoms with Crippen LogP contribution in [0.25, 0.3) is 0 Å². The van der Waals surface area contributed by atoms with Gasteiger partial charge in [0.15, 0.2) is 0 Å². The molecule has 1 N–H and O–H groups in total. The molecule has 2 amide bonds. The molecule has 0 unspecified atom stereocenters. The van der Waals surface area contributed by atoms with Crippen molar-refractivity contribution in [3.05, 3.63) is 15.8 Å². The van der Waals surface area contributed by atoms with Crippen molar-refractivity contribution in [2.75, 3.05) is 31.3 Å². The summed E-state index contributed by atoms with van der Waals surface area (Å²) in [5.41, 5.74) is 1.32. The zero-order valence-corrected chi connectivity index (χ0v) is 13.4. The number of aryl methyl sites for hydroxylation is 1. The maximum absolute atomic E-state index is 12.0. The number of carbonyl (C=O) groups excluding carboxylic acids is 3. The van der Waals surface area contributed by atoms with Crippen molar-refractivity contribution in [3.8, 4) is 0 Å². The van der Waals surface area contributed by atoms with E-state index >= 15 is 0 Å². The van der Waals surface area contributed by atoms with Crippen LogP contribution in [-0.4, -0.2) is 48.0 Å². The van der Waals surface area contributed by atoms with Gasteiger partial charge in [-0.25, -0.2) is 4.79 Å². The second-order valence-corrected chi connectivity index (χ2v) is 6.44. The average molecular weight is 328 g/mol. The van der Waals surface area contributed by atoms with E-state index in [9.17, 15) is 14.4 Å². The minimum Gasteiger partial charge on any atom is -0.465 e. The second-order valence-electron chi connectivity index (χ2n) is 4.51. The molecule has 0 aromatic carbocycles. The van der Waals surface area contributed by atoms with Crippen molar-refractivity contribution < 1.29 is 19.1 Å². The molecular formula is C13H16N2O4S2. The maximum Gasteiger partial charge on any atom is 0.350 e. The number of hydrogen-bond acceptors (Lipinski definition) is 6. The van der Waals surface area contributed by atoms with Gasteiger partial charge < -0.3 is 15.0 Å². The zero-order valence-electron chi connectivity index (χ0n) is 11.8. The van der Waals surface area contributed by atoms with Gasteiger partial charge in [0.2, 0.25) is 5.91 Å². The molecule has 1 fully saturated rings. The third-order valence-electron chi connectivity index (χ3n) is 3.06. The molecule has 1 aliphatic heterocycles. The average Bonchev–Trinajstić information content (AvgIpc) is 3.03. The van der Waals surface area contributed by atoms with Crippen LogP contribution in [0, 0.1) is 6.92 Å². The quantitative estimate of drug-likeness (QED) is 0.840. The van der Waals surface area contributed by atoms with Crippen LogP contribution in [0.15, 0.2) is 5.38 Å². The van der Waals surface area contributed by atoms with Crippen LogP contribution in [-0.2, 0) is 9.53 Å². The Morgan fingerprint density at radius 3 is 2.86 bits per heavy atom. The summed E-state index contributed by atoms with van der Waals surface area (Å²) in [5.74, 6) is 0.0946. The third-order valence-corrected chi connectivity index (χ3v) is 5.03. The molecule has 1 saturated heterocycles. The molecule has 21 heavy (non-hydrogen) atoms. The van der Waals surface area contributed by atoms with E-state index in [1.165, 1.54) is 30.2 Å². The van der Waals surface area contributed by atoms with Crippen LogP contribution in [0.5, 0.6) is 0 Å².